The summed E-state index contributed by atoms with van der Waals surface area (Å²) < 4.78 is 4.89. The average Bonchev–Trinajstić information content (AvgIpc) is 2.95. The summed E-state index contributed by atoms with van der Waals surface area (Å²) >= 11 is 1.41. The van der Waals surface area contributed by atoms with E-state index in [1.54, 1.807) is 13.1 Å². The number of nitrogens with zero attached hydrogens (tertiary/aromatic N) is 2. The molecule has 0 aliphatic rings. The fourth-order valence-corrected chi connectivity index (χ4v) is 2.46. The van der Waals surface area contributed by atoms with Gasteiger partial charge in [-0.3, -0.25) is 10.2 Å². The molecule has 0 bridgehead atoms. The van der Waals surface area contributed by atoms with Gasteiger partial charge >= 0.3 is 5.97 Å². The second kappa shape index (κ2) is 8.29. The van der Waals surface area contributed by atoms with Gasteiger partial charge in [-0.15, -0.1) is 11.3 Å². The summed E-state index contributed by atoms with van der Waals surface area (Å²) in [5, 5.41) is 6.63. The molecule has 1 aromatic carbocycles. The standard InChI is InChI=1S/C16H19N3O2S/c1-3-12-5-7-13(8-6-12)10-17-19-16-18-14(11-22-16)9-15(20)21-4-2/h5-8,10-11H,3-4,9H2,1-2H3,(H,18,19)/b17-10-. The number of hydrogen-bond donors (Lipinski definition) is 1. The van der Waals surface area contributed by atoms with Gasteiger partial charge in [-0.1, -0.05) is 31.2 Å². The summed E-state index contributed by atoms with van der Waals surface area (Å²) in [6.45, 7) is 4.30. The van der Waals surface area contributed by atoms with Gasteiger partial charge in [-0.05, 0) is 24.5 Å². The summed E-state index contributed by atoms with van der Waals surface area (Å²) in [4.78, 5) is 15.6. The number of aryl methyl sites for hydroxylation is 1. The minimum absolute atomic E-state index is 0.189. The van der Waals surface area contributed by atoms with Gasteiger partial charge in [0, 0.05) is 5.38 Å². The van der Waals surface area contributed by atoms with Crippen molar-refractivity contribution in [2.24, 2.45) is 5.10 Å². The first-order valence-corrected chi connectivity index (χ1v) is 8.07. The van der Waals surface area contributed by atoms with E-state index in [1.165, 1.54) is 16.9 Å². The second-order valence-corrected chi connectivity index (χ2v) is 5.45. The fourth-order valence-electron chi connectivity index (χ4n) is 1.80. The maximum atomic E-state index is 11.4. The van der Waals surface area contributed by atoms with E-state index in [0.29, 0.717) is 17.4 Å². The number of carbonyl (C=O) groups excluding carboxylic acids is 1. The van der Waals surface area contributed by atoms with Crippen molar-refractivity contribution in [3.63, 3.8) is 0 Å². The Balaban J connectivity index is 1.87. The van der Waals surface area contributed by atoms with Crippen molar-refractivity contribution in [1.29, 1.82) is 0 Å². The average molecular weight is 317 g/mol. The quantitative estimate of drug-likeness (QED) is 0.484. The zero-order valence-electron chi connectivity index (χ0n) is 12.7. The number of hydrogen-bond acceptors (Lipinski definition) is 6. The molecule has 0 aliphatic carbocycles. The Hall–Kier alpha value is -2.21. The monoisotopic (exact) mass is 317 g/mol. The van der Waals surface area contributed by atoms with Crippen molar-refractivity contribution in [2.75, 3.05) is 12.0 Å². The van der Waals surface area contributed by atoms with Gasteiger partial charge in [0.1, 0.15) is 0 Å². The highest BCUT2D eigenvalue weighted by molar-refractivity contribution is 7.13. The SMILES string of the molecule is CCOC(=O)Cc1csc(N/N=C\c2ccc(CC)cc2)n1. The summed E-state index contributed by atoms with van der Waals surface area (Å²) in [7, 11) is 0. The number of ether oxygens (including phenoxy) is 1. The summed E-state index contributed by atoms with van der Waals surface area (Å²) in [5.41, 5.74) is 5.88. The summed E-state index contributed by atoms with van der Waals surface area (Å²) in [6.07, 6.45) is 2.96. The molecule has 22 heavy (non-hydrogen) atoms. The van der Waals surface area contributed by atoms with Crippen molar-refractivity contribution in [3.05, 3.63) is 46.5 Å². The highest BCUT2D eigenvalue weighted by atomic mass is 32.1. The van der Waals surface area contributed by atoms with Crippen molar-refractivity contribution in [1.82, 2.24) is 4.98 Å². The van der Waals surface area contributed by atoms with Crippen LogP contribution in [0.1, 0.15) is 30.7 Å². The zero-order valence-corrected chi connectivity index (χ0v) is 13.5. The number of nitrogens with one attached hydrogen (secondary N) is 1. The van der Waals surface area contributed by atoms with Crippen LogP contribution >= 0.6 is 11.3 Å². The number of aromatic nitrogens is 1. The van der Waals surface area contributed by atoms with Crippen LogP contribution < -0.4 is 5.43 Å². The number of rotatable bonds is 7. The first-order chi connectivity index (χ1) is 10.7. The topological polar surface area (TPSA) is 63.6 Å². The molecule has 5 nitrogen and oxygen atoms in total. The van der Waals surface area contributed by atoms with Gasteiger partial charge < -0.3 is 4.74 Å². The van der Waals surface area contributed by atoms with Gasteiger partial charge in [0.2, 0.25) is 5.13 Å². The van der Waals surface area contributed by atoms with E-state index in [1.807, 2.05) is 17.5 Å². The normalized spacial score (nSPS) is 10.8. The van der Waals surface area contributed by atoms with Gasteiger partial charge in [0.25, 0.3) is 0 Å². The van der Waals surface area contributed by atoms with Crippen molar-refractivity contribution in [3.8, 4) is 0 Å². The van der Waals surface area contributed by atoms with Crippen LogP contribution in [0.5, 0.6) is 0 Å². The molecule has 0 atom stereocenters. The number of carbonyl (C=O) groups is 1. The van der Waals surface area contributed by atoms with Gasteiger partial charge in [-0.2, -0.15) is 5.10 Å². The molecule has 1 heterocycles. The van der Waals surface area contributed by atoms with Crippen LogP contribution in [0, 0.1) is 0 Å². The second-order valence-electron chi connectivity index (χ2n) is 4.59. The minimum Gasteiger partial charge on any atom is -0.466 e. The van der Waals surface area contributed by atoms with E-state index in [4.69, 9.17) is 4.74 Å². The van der Waals surface area contributed by atoms with Gasteiger partial charge in [-0.25, -0.2) is 4.98 Å². The molecule has 0 spiro atoms. The predicted octanol–water partition coefficient (Wildman–Crippen LogP) is 3.26. The third kappa shape index (κ3) is 4.96. The lowest BCUT2D eigenvalue weighted by molar-refractivity contribution is -0.142. The van der Waals surface area contributed by atoms with E-state index in [2.05, 4.69) is 34.6 Å². The lowest BCUT2D eigenvalue weighted by Crippen LogP contribution is -2.07. The van der Waals surface area contributed by atoms with Crippen molar-refractivity contribution in [2.45, 2.75) is 26.7 Å². The molecular formula is C16H19N3O2S. The molecular weight excluding hydrogens is 298 g/mol. The molecule has 0 unspecified atom stereocenters. The van der Waals surface area contributed by atoms with Crippen LogP contribution in [-0.4, -0.2) is 23.8 Å². The highest BCUT2D eigenvalue weighted by Gasteiger charge is 2.07. The number of esters is 1. The van der Waals surface area contributed by atoms with Crippen LogP contribution in [0.25, 0.3) is 0 Å². The molecule has 116 valence electrons. The van der Waals surface area contributed by atoms with Gasteiger partial charge in [0.05, 0.1) is 24.9 Å². The van der Waals surface area contributed by atoms with Crippen LogP contribution in [0.3, 0.4) is 0 Å². The molecule has 0 amide bonds. The first-order valence-electron chi connectivity index (χ1n) is 7.19. The smallest absolute Gasteiger partial charge is 0.311 e. The Labute approximate surface area is 134 Å². The highest BCUT2D eigenvalue weighted by Crippen LogP contribution is 2.16. The Morgan fingerprint density at radius 2 is 2.14 bits per heavy atom. The van der Waals surface area contributed by atoms with Crippen LogP contribution in [0.15, 0.2) is 34.7 Å². The molecule has 2 rings (SSSR count). The summed E-state index contributed by atoms with van der Waals surface area (Å²) in [6, 6.07) is 8.22. The van der Waals surface area contributed by atoms with Crippen LogP contribution in [0.4, 0.5) is 5.13 Å². The lowest BCUT2D eigenvalue weighted by atomic mass is 10.1. The molecule has 6 heteroatoms. The molecule has 0 saturated heterocycles. The Morgan fingerprint density at radius 1 is 1.36 bits per heavy atom. The Bertz CT molecular complexity index is 635. The lowest BCUT2D eigenvalue weighted by Gasteiger charge is -1.98. The number of anilines is 1. The molecule has 0 saturated carbocycles. The third-order valence-corrected chi connectivity index (χ3v) is 3.74. The number of hydrazone groups is 1. The molecule has 1 N–H and O–H groups in total. The number of benzene rings is 1. The maximum Gasteiger partial charge on any atom is 0.311 e. The Kier molecular flexibility index (Phi) is 6.09. The van der Waals surface area contributed by atoms with Crippen LogP contribution in [0.2, 0.25) is 0 Å². The first kappa shape index (κ1) is 16.2. The number of thiazole rings is 1. The minimum atomic E-state index is -0.265. The van der Waals surface area contributed by atoms with Crippen LogP contribution in [-0.2, 0) is 22.4 Å². The van der Waals surface area contributed by atoms with E-state index < -0.39 is 0 Å². The molecule has 1 aromatic heterocycles. The van der Waals surface area contributed by atoms with Gasteiger partial charge in [0.15, 0.2) is 0 Å². The van der Waals surface area contributed by atoms with E-state index >= 15 is 0 Å². The predicted molar refractivity (Wildman–Crippen MR) is 89.5 cm³/mol. The van der Waals surface area contributed by atoms with Crippen molar-refractivity contribution < 1.29 is 9.53 Å². The summed E-state index contributed by atoms with van der Waals surface area (Å²) in [5.74, 6) is -0.265. The molecule has 2 aromatic rings. The molecule has 0 radical (unpaired) electrons. The van der Waals surface area contributed by atoms with E-state index in [0.717, 1.165) is 12.0 Å². The largest absolute Gasteiger partial charge is 0.466 e. The zero-order chi connectivity index (χ0) is 15.8. The fraction of sp³-hybridized carbons (Fsp3) is 0.312. The van der Waals surface area contributed by atoms with E-state index in [9.17, 15) is 4.79 Å². The Morgan fingerprint density at radius 3 is 2.82 bits per heavy atom. The molecule has 0 aliphatic heterocycles. The van der Waals surface area contributed by atoms with Crippen molar-refractivity contribution >= 4 is 28.7 Å². The maximum absolute atomic E-state index is 11.4. The van der Waals surface area contributed by atoms with E-state index in [-0.39, 0.29) is 12.4 Å². The molecule has 0 fully saturated rings. The third-order valence-electron chi connectivity index (χ3n) is 2.94.